The molecule has 150 valence electrons. The molecular weight excluding hydrogens is 390 g/mol. The van der Waals surface area contributed by atoms with Crippen LogP contribution in [0.3, 0.4) is 0 Å². The van der Waals surface area contributed by atoms with Gasteiger partial charge in [0.1, 0.15) is 0 Å². The van der Waals surface area contributed by atoms with E-state index in [2.05, 4.69) is 5.32 Å². The maximum absolute atomic E-state index is 12.8. The molecule has 29 heavy (non-hydrogen) atoms. The van der Waals surface area contributed by atoms with Crippen LogP contribution in [0.1, 0.15) is 16.7 Å². The Morgan fingerprint density at radius 1 is 0.966 bits per heavy atom. The Kier molecular flexibility index (Phi) is 6.61. The molecule has 0 aliphatic heterocycles. The molecule has 3 N–H and O–H groups in total. The molecule has 0 aliphatic rings. The number of carbonyl (C=O) groups is 1. The summed E-state index contributed by atoms with van der Waals surface area (Å²) >= 11 is 0. The molecule has 1 amide bonds. The second-order valence-electron chi connectivity index (χ2n) is 6.32. The molecule has 0 radical (unpaired) electrons. The zero-order valence-electron chi connectivity index (χ0n) is 15.5. The summed E-state index contributed by atoms with van der Waals surface area (Å²) in [6, 6.07) is 18.3. The van der Waals surface area contributed by atoms with Gasteiger partial charge < -0.3 is 5.32 Å². The van der Waals surface area contributed by atoms with E-state index in [0.717, 1.165) is 22.2 Å². The summed E-state index contributed by atoms with van der Waals surface area (Å²) in [6.07, 6.45) is 5.30. The zero-order chi connectivity index (χ0) is 20.7. The van der Waals surface area contributed by atoms with Crippen LogP contribution in [0.5, 0.6) is 0 Å². The van der Waals surface area contributed by atoms with Crippen molar-refractivity contribution in [2.75, 3.05) is 0 Å². The van der Waals surface area contributed by atoms with Crippen molar-refractivity contribution in [3.8, 4) is 0 Å². The van der Waals surface area contributed by atoms with Crippen LogP contribution in [0.2, 0.25) is 0 Å². The van der Waals surface area contributed by atoms with E-state index in [4.69, 9.17) is 5.21 Å². The molecule has 0 fully saturated rings. The third-order valence-corrected chi connectivity index (χ3v) is 5.88. The number of amides is 1. The predicted molar refractivity (Wildman–Crippen MR) is 109 cm³/mol. The Hall–Kier alpha value is -3.20. The van der Waals surface area contributed by atoms with Gasteiger partial charge in [-0.3, -0.25) is 10.0 Å². The van der Waals surface area contributed by atoms with Crippen LogP contribution in [-0.4, -0.2) is 23.5 Å². The summed E-state index contributed by atoms with van der Waals surface area (Å²) in [5.74, 6) is -0.697. The van der Waals surface area contributed by atoms with Crippen LogP contribution in [0.15, 0.2) is 84.0 Å². The Morgan fingerprint density at radius 2 is 1.62 bits per heavy atom. The van der Waals surface area contributed by atoms with Crippen LogP contribution in [0.25, 0.3) is 6.08 Å². The van der Waals surface area contributed by atoms with Crippen LogP contribution >= 0.6 is 0 Å². The van der Waals surface area contributed by atoms with Gasteiger partial charge in [0, 0.05) is 31.6 Å². The second kappa shape index (κ2) is 9.33. The largest absolute Gasteiger partial charge is 0.309 e. The smallest absolute Gasteiger partial charge is 0.267 e. The van der Waals surface area contributed by atoms with E-state index in [1.165, 1.54) is 29.5 Å². The van der Waals surface area contributed by atoms with Crippen LogP contribution in [-0.2, 0) is 27.9 Å². The molecule has 3 aromatic rings. The normalized spacial score (nSPS) is 11.6. The van der Waals surface area contributed by atoms with E-state index < -0.39 is 15.9 Å². The molecule has 8 heteroatoms. The minimum atomic E-state index is -3.73. The number of carbonyl (C=O) groups excluding carboxylic acids is 1. The molecule has 0 saturated heterocycles. The highest BCUT2D eigenvalue weighted by Crippen LogP contribution is 2.17. The summed E-state index contributed by atoms with van der Waals surface area (Å²) < 4.78 is 26.6. The maximum Gasteiger partial charge on any atom is 0.267 e. The molecule has 0 aliphatic carbocycles. The molecule has 3 rings (SSSR count). The van der Waals surface area contributed by atoms with Gasteiger partial charge in [-0.2, -0.15) is 0 Å². The average molecular weight is 411 g/mol. The minimum Gasteiger partial charge on any atom is -0.309 e. The number of nitrogens with one attached hydrogen (secondary N) is 2. The lowest BCUT2D eigenvalue weighted by Crippen LogP contribution is -2.14. The lowest BCUT2D eigenvalue weighted by atomic mass is 10.2. The summed E-state index contributed by atoms with van der Waals surface area (Å²) in [6.45, 7) is 1.36. The highest BCUT2D eigenvalue weighted by molar-refractivity contribution is 7.90. The fourth-order valence-corrected chi connectivity index (χ4v) is 3.90. The molecule has 0 atom stereocenters. The number of nitrogens with zero attached hydrogens (tertiary/aromatic N) is 1. The SMILES string of the molecule is O=C(/C=C/c1ccn(S(=O)(=O)c2ccc(CNCc3ccccc3)cc2)c1)NO. The number of aromatic nitrogens is 1. The van der Waals surface area contributed by atoms with Crippen molar-refractivity contribution in [1.82, 2.24) is 14.8 Å². The molecule has 1 heterocycles. The summed E-state index contributed by atoms with van der Waals surface area (Å²) in [4.78, 5) is 11.2. The third kappa shape index (κ3) is 5.41. The van der Waals surface area contributed by atoms with Crippen LogP contribution in [0, 0.1) is 0 Å². The van der Waals surface area contributed by atoms with Gasteiger partial charge in [-0.25, -0.2) is 17.9 Å². The van der Waals surface area contributed by atoms with Crippen molar-refractivity contribution in [3.63, 3.8) is 0 Å². The number of benzene rings is 2. The Morgan fingerprint density at radius 3 is 2.28 bits per heavy atom. The summed E-state index contributed by atoms with van der Waals surface area (Å²) in [5.41, 5.74) is 4.14. The fraction of sp³-hybridized carbons (Fsp3) is 0.0952. The van der Waals surface area contributed by atoms with Gasteiger partial charge in [0.2, 0.25) is 0 Å². The number of hydrogen-bond donors (Lipinski definition) is 3. The molecule has 7 nitrogen and oxygen atoms in total. The first-order chi connectivity index (χ1) is 14.0. The van der Waals surface area contributed by atoms with Crippen molar-refractivity contribution in [2.45, 2.75) is 18.0 Å². The highest BCUT2D eigenvalue weighted by atomic mass is 32.2. The fourth-order valence-electron chi connectivity index (χ4n) is 2.70. The number of hydrogen-bond acceptors (Lipinski definition) is 5. The zero-order valence-corrected chi connectivity index (χ0v) is 16.3. The third-order valence-electron chi connectivity index (χ3n) is 4.23. The van der Waals surface area contributed by atoms with Crippen molar-refractivity contribution < 1.29 is 18.4 Å². The lowest BCUT2D eigenvalue weighted by Gasteiger charge is -2.08. The number of hydroxylamine groups is 1. The van der Waals surface area contributed by atoms with Gasteiger partial charge in [-0.05, 0) is 41.0 Å². The molecule has 0 spiro atoms. The van der Waals surface area contributed by atoms with E-state index in [1.54, 1.807) is 30.3 Å². The maximum atomic E-state index is 12.8. The Labute approximate surface area is 169 Å². The summed E-state index contributed by atoms with van der Waals surface area (Å²) in [7, 11) is -3.73. The van der Waals surface area contributed by atoms with Gasteiger partial charge in [0.25, 0.3) is 15.9 Å². The van der Waals surface area contributed by atoms with Gasteiger partial charge in [0.05, 0.1) is 4.90 Å². The van der Waals surface area contributed by atoms with Crippen LogP contribution in [0.4, 0.5) is 0 Å². The Balaban J connectivity index is 1.64. The molecule has 0 bridgehead atoms. The first kappa shape index (κ1) is 20.5. The van der Waals surface area contributed by atoms with E-state index in [-0.39, 0.29) is 4.90 Å². The topological polar surface area (TPSA) is 100 Å². The van der Waals surface area contributed by atoms with E-state index >= 15 is 0 Å². The molecule has 0 saturated carbocycles. The highest BCUT2D eigenvalue weighted by Gasteiger charge is 2.16. The second-order valence-corrected chi connectivity index (χ2v) is 8.17. The molecule has 2 aromatic carbocycles. The van der Waals surface area contributed by atoms with Crippen molar-refractivity contribution in [1.29, 1.82) is 0 Å². The lowest BCUT2D eigenvalue weighted by molar-refractivity contribution is -0.124. The summed E-state index contributed by atoms with van der Waals surface area (Å²) in [5, 5.41) is 11.8. The van der Waals surface area contributed by atoms with Crippen molar-refractivity contribution in [2.24, 2.45) is 0 Å². The minimum absolute atomic E-state index is 0.170. The predicted octanol–water partition coefficient (Wildman–Crippen LogP) is 2.53. The van der Waals surface area contributed by atoms with E-state index in [9.17, 15) is 13.2 Å². The van der Waals surface area contributed by atoms with Crippen molar-refractivity contribution >= 4 is 22.0 Å². The standard InChI is InChI=1S/C21H21N3O4S/c25-21(23-26)11-8-19-12-13-24(16-19)29(27,28)20-9-6-18(7-10-20)15-22-14-17-4-2-1-3-5-17/h1-13,16,22,26H,14-15H2,(H,23,25)/b11-8+. The van der Waals surface area contributed by atoms with Crippen molar-refractivity contribution in [3.05, 3.63) is 95.8 Å². The van der Waals surface area contributed by atoms with E-state index in [1.807, 2.05) is 30.3 Å². The van der Waals surface area contributed by atoms with E-state index in [0.29, 0.717) is 12.1 Å². The van der Waals surface area contributed by atoms with Gasteiger partial charge in [-0.15, -0.1) is 0 Å². The van der Waals surface area contributed by atoms with Gasteiger partial charge in [0.15, 0.2) is 0 Å². The Bertz CT molecular complexity index is 1090. The van der Waals surface area contributed by atoms with Crippen LogP contribution < -0.4 is 10.8 Å². The monoisotopic (exact) mass is 411 g/mol. The first-order valence-corrected chi connectivity index (χ1v) is 10.3. The first-order valence-electron chi connectivity index (χ1n) is 8.88. The molecular formula is C21H21N3O4S. The molecule has 1 aromatic heterocycles. The quantitative estimate of drug-likeness (QED) is 0.300. The number of rotatable bonds is 8. The van der Waals surface area contributed by atoms with Gasteiger partial charge in [-0.1, -0.05) is 42.5 Å². The average Bonchev–Trinajstić information content (AvgIpc) is 3.23. The van der Waals surface area contributed by atoms with Gasteiger partial charge >= 0.3 is 0 Å². The molecule has 0 unspecified atom stereocenters.